The van der Waals surface area contributed by atoms with Crippen LogP contribution in [0.5, 0.6) is 0 Å². The van der Waals surface area contributed by atoms with E-state index in [1.165, 1.54) is 17.7 Å². The van der Waals surface area contributed by atoms with Crippen LogP contribution < -0.4 is 10.2 Å². The number of hydrogen-bond acceptors (Lipinski definition) is 4. The van der Waals surface area contributed by atoms with E-state index in [9.17, 15) is 0 Å². The fourth-order valence-electron chi connectivity index (χ4n) is 2.66. The zero-order valence-electron chi connectivity index (χ0n) is 11.3. The molecule has 1 aromatic carbocycles. The zero-order chi connectivity index (χ0) is 13.2. The van der Waals surface area contributed by atoms with Crippen molar-refractivity contribution in [1.29, 1.82) is 0 Å². The minimum absolute atomic E-state index is 0.826. The van der Waals surface area contributed by atoms with Crippen LogP contribution in [0, 0.1) is 0 Å². The lowest BCUT2D eigenvalue weighted by atomic mass is 9.98. The third-order valence-electron chi connectivity index (χ3n) is 3.64. The van der Waals surface area contributed by atoms with Crippen LogP contribution >= 0.6 is 0 Å². The van der Waals surface area contributed by atoms with Gasteiger partial charge in [0.25, 0.3) is 0 Å². The van der Waals surface area contributed by atoms with E-state index in [4.69, 9.17) is 0 Å². The molecule has 0 bridgehead atoms. The summed E-state index contributed by atoms with van der Waals surface area (Å²) in [4.78, 5) is 11.1. The van der Waals surface area contributed by atoms with Gasteiger partial charge in [-0.3, -0.25) is 4.98 Å². The largest absolute Gasteiger partial charge is 0.374 e. The van der Waals surface area contributed by atoms with Crippen LogP contribution in [-0.4, -0.2) is 30.6 Å². The van der Waals surface area contributed by atoms with E-state index >= 15 is 0 Å². The van der Waals surface area contributed by atoms with Crippen LogP contribution in [0.4, 0.5) is 11.5 Å². The molecule has 3 rings (SSSR count). The third-order valence-corrected chi connectivity index (χ3v) is 3.64. The lowest BCUT2D eigenvalue weighted by Gasteiger charge is -2.27. The molecule has 4 heteroatoms. The van der Waals surface area contributed by atoms with Gasteiger partial charge >= 0.3 is 0 Å². The predicted octanol–water partition coefficient (Wildman–Crippen LogP) is 2.57. The second-order valence-electron chi connectivity index (χ2n) is 4.87. The first-order chi connectivity index (χ1) is 9.29. The molecule has 0 saturated heterocycles. The maximum atomic E-state index is 4.45. The molecular weight excluding hydrogens is 236 g/mol. The van der Waals surface area contributed by atoms with Crippen LogP contribution in [0.15, 0.2) is 30.6 Å². The van der Waals surface area contributed by atoms with Gasteiger partial charge in [-0.05, 0) is 30.5 Å². The highest BCUT2D eigenvalue weighted by Gasteiger charge is 2.15. The van der Waals surface area contributed by atoms with Crippen LogP contribution in [0.3, 0.4) is 0 Å². The van der Waals surface area contributed by atoms with Crippen molar-refractivity contribution in [1.82, 2.24) is 9.97 Å². The summed E-state index contributed by atoms with van der Waals surface area (Å²) in [6, 6.07) is 6.57. The van der Waals surface area contributed by atoms with E-state index in [0.717, 1.165) is 30.0 Å². The minimum atomic E-state index is 0.826. The molecule has 98 valence electrons. The van der Waals surface area contributed by atoms with Crippen LogP contribution in [0.1, 0.15) is 12.0 Å². The highest BCUT2D eigenvalue weighted by molar-refractivity contribution is 5.74. The normalized spacial score (nSPS) is 14.1. The first-order valence-electron chi connectivity index (χ1n) is 6.63. The summed E-state index contributed by atoms with van der Waals surface area (Å²) in [5.41, 5.74) is 4.79. The van der Waals surface area contributed by atoms with Gasteiger partial charge < -0.3 is 10.2 Å². The Morgan fingerprint density at radius 2 is 2.05 bits per heavy atom. The van der Waals surface area contributed by atoms with Crippen molar-refractivity contribution >= 4 is 11.5 Å². The summed E-state index contributed by atoms with van der Waals surface area (Å²) < 4.78 is 0. The van der Waals surface area contributed by atoms with Crippen molar-refractivity contribution < 1.29 is 0 Å². The Kier molecular flexibility index (Phi) is 3.07. The molecule has 0 atom stereocenters. The molecule has 0 fully saturated rings. The molecule has 0 amide bonds. The molecule has 19 heavy (non-hydrogen) atoms. The number of nitrogens with zero attached hydrogens (tertiary/aromatic N) is 3. The predicted molar refractivity (Wildman–Crippen MR) is 78.6 cm³/mol. The molecule has 0 aliphatic carbocycles. The number of benzene rings is 1. The second kappa shape index (κ2) is 4.88. The van der Waals surface area contributed by atoms with Gasteiger partial charge in [-0.25, -0.2) is 4.98 Å². The topological polar surface area (TPSA) is 41.1 Å². The van der Waals surface area contributed by atoms with E-state index in [2.05, 4.69) is 45.4 Å². The van der Waals surface area contributed by atoms with E-state index < -0.39 is 0 Å². The van der Waals surface area contributed by atoms with Crippen LogP contribution in [-0.2, 0) is 6.42 Å². The SMILES string of the molecule is CNc1nccnc1-c1ccc2c(c1)CCCN2C. The number of nitrogens with one attached hydrogen (secondary N) is 1. The van der Waals surface area contributed by atoms with Crippen molar-refractivity contribution in [3.05, 3.63) is 36.2 Å². The van der Waals surface area contributed by atoms with Gasteiger partial charge in [-0.15, -0.1) is 0 Å². The number of rotatable bonds is 2. The first kappa shape index (κ1) is 12.0. The van der Waals surface area contributed by atoms with Gasteiger partial charge in [-0.2, -0.15) is 0 Å². The monoisotopic (exact) mass is 254 g/mol. The second-order valence-corrected chi connectivity index (χ2v) is 4.87. The average molecular weight is 254 g/mol. The Hall–Kier alpha value is -2.10. The van der Waals surface area contributed by atoms with Gasteiger partial charge in [0, 0.05) is 44.3 Å². The van der Waals surface area contributed by atoms with E-state index in [0.29, 0.717) is 0 Å². The Balaban J connectivity index is 2.07. The van der Waals surface area contributed by atoms with Gasteiger partial charge in [0.2, 0.25) is 0 Å². The molecule has 0 saturated carbocycles. The summed E-state index contributed by atoms with van der Waals surface area (Å²) in [7, 11) is 4.03. The molecule has 0 unspecified atom stereocenters. The average Bonchev–Trinajstić information content (AvgIpc) is 2.47. The van der Waals surface area contributed by atoms with Gasteiger partial charge in [0.1, 0.15) is 5.69 Å². The summed E-state index contributed by atoms with van der Waals surface area (Å²) in [6.45, 7) is 1.14. The first-order valence-corrected chi connectivity index (χ1v) is 6.63. The number of hydrogen-bond donors (Lipinski definition) is 1. The highest BCUT2D eigenvalue weighted by atomic mass is 15.1. The zero-order valence-corrected chi connectivity index (χ0v) is 11.3. The molecule has 1 aliphatic rings. The summed E-state index contributed by atoms with van der Waals surface area (Å²) in [6.07, 6.45) is 5.80. The Morgan fingerprint density at radius 3 is 2.89 bits per heavy atom. The molecule has 2 heterocycles. The quantitative estimate of drug-likeness (QED) is 0.894. The molecule has 1 aromatic heterocycles. The lowest BCUT2D eigenvalue weighted by molar-refractivity contribution is 0.745. The van der Waals surface area contributed by atoms with Crippen LogP contribution in [0.2, 0.25) is 0 Å². The van der Waals surface area contributed by atoms with Gasteiger partial charge in [0.05, 0.1) is 0 Å². The number of anilines is 2. The van der Waals surface area contributed by atoms with Gasteiger partial charge in [-0.1, -0.05) is 6.07 Å². The standard InChI is InChI=1S/C15H18N4/c1-16-15-14(17-7-8-18-15)12-5-6-13-11(10-12)4-3-9-19(13)2/h5-8,10H,3-4,9H2,1-2H3,(H,16,18). The van der Waals surface area contributed by atoms with Crippen molar-refractivity contribution in [3.8, 4) is 11.3 Å². The smallest absolute Gasteiger partial charge is 0.152 e. The highest BCUT2D eigenvalue weighted by Crippen LogP contribution is 2.31. The fourth-order valence-corrected chi connectivity index (χ4v) is 2.66. The molecule has 1 aliphatic heterocycles. The fraction of sp³-hybridized carbons (Fsp3) is 0.333. The van der Waals surface area contributed by atoms with Crippen molar-refractivity contribution in [2.45, 2.75) is 12.8 Å². The number of aryl methyl sites for hydroxylation is 1. The third kappa shape index (κ3) is 2.14. The summed E-state index contributed by atoms with van der Waals surface area (Å²) in [5.74, 6) is 0.826. The minimum Gasteiger partial charge on any atom is -0.374 e. The van der Waals surface area contributed by atoms with E-state index in [1.54, 1.807) is 12.4 Å². The van der Waals surface area contributed by atoms with Crippen molar-refractivity contribution in [3.63, 3.8) is 0 Å². The Bertz CT molecular complexity index is 594. The maximum absolute atomic E-state index is 4.45. The van der Waals surface area contributed by atoms with Crippen molar-refractivity contribution in [2.24, 2.45) is 0 Å². The molecule has 0 radical (unpaired) electrons. The molecule has 2 aromatic rings. The summed E-state index contributed by atoms with van der Waals surface area (Å²) in [5, 5.41) is 3.10. The van der Waals surface area contributed by atoms with Crippen molar-refractivity contribution in [2.75, 3.05) is 30.9 Å². The number of fused-ring (bicyclic) bond motifs is 1. The Labute approximate surface area is 113 Å². The van der Waals surface area contributed by atoms with Crippen LogP contribution in [0.25, 0.3) is 11.3 Å². The lowest BCUT2D eigenvalue weighted by Crippen LogP contribution is -2.24. The van der Waals surface area contributed by atoms with E-state index in [1.807, 2.05) is 7.05 Å². The molecule has 4 nitrogen and oxygen atoms in total. The van der Waals surface area contributed by atoms with E-state index in [-0.39, 0.29) is 0 Å². The molecule has 0 spiro atoms. The number of aromatic nitrogens is 2. The van der Waals surface area contributed by atoms with Gasteiger partial charge in [0.15, 0.2) is 5.82 Å². The maximum Gasteiger partial charge on any atom is 0.152 e. The Morgan fingerprint density at radius 1 is 1.21 bits per heavy atom. The summed E-state index contributed by atoms with van der Waals surface area (Å²) >= 11 is 0. The molecular formula is C15H18N4. The molecule has 1 N–H and O–H groups in total.